The van der Waals surface area contributed by atoms with Gasteiger partial charge in [0.2, 0.25) is 0 Å². The van der Waals surface area contributed by atoms with E-state index in [9.17, 15) is 4.79 Å². The second-order valence-corrected chi connectivity index (χ2v) is 8.94. The van der Waals surface area contributed by atoms with E-state index in [0.29, 0.717) is 12.5 Å². The molecule has 2 aliphatic rings. The first-order valence-electron chi connectivity index (χ1n) is 12.4. The Morgan fingerprint density at radius 3 is 1.85 bits per heavy atom. The minimum atomic E-state index is -0.225. The Morgan fingerprint density at radius 1 is 0.853 bits per heavy atom. The van der Waals surface area contributed by atoms with Gasteiger partial charge in [0.15, 0.2) is 12.6 Å². The maximum absolute atomic E-state index is 12.1. The number of rotatable bonds is 10. The lowest BCUT2D eigenvalue weighted by Gasteiger charge is -2.32. The summed E-state index contributed by atoms with van der Waals surface area (Å²) in [6, 6.07) is 9.74. The summed E-state index contributed by atoms with van der Waals surface area (Å²) in [5, 5.41) is 3.34. The molecule has 2 fully saturated rings. The molecule has 3 rings (SSSR count). The first kappa shape index (κ1) is 28.5. The van der Waals surface area contributed by atoms with Gasteiger partial charge < -0.3 is 33.9 Å². The number of carbonyl (C=O) groups is 1. The highest BCUT2D eigenvalue weighted by atomic mass is 16.7. The number of carbonyl (C=O) groups excluding carboxylic acids is 1. The topological polar surface area (TPSA) is 78.5 Å². The van der Waals surface area contributed by atoms with E-state index in [1.54, 1.807) is 33.3 Å². The highest BCUT2D eigenvalue weighted by Gasteiger charge is 2.25. The van der Waals surface area contributed by atoms with E-state index < -0.39 is 0 Å². The SMILES string of the molecule is COC(CC1CCN(C(=O)OCc2ccccc2)CC1)OC.COC(CC1CCNCC1)OC. The summed E-state index contributed by atoms with van der Waals surface area (Å²) in [5.74, 6) is 1.30. The number of hydrogen-bond donors (Lipinski definition) is 1. The van der Waals surface area contributed by atoms with Gasteiger partial charge in [-0.3, -0.25) is 0 Å². The number of piperidine rings is 2. The third-order valence-electron chi connectivity index (χ3n) is 6.64. The fourth-order valence-electron chi connectivity index (χ4n) is 4.40. The monoisotopic (exact) mass is 480 g/mol. The maximum Gasteiger partial charge on any atom is 0.410 e. The average Bonchev–Trinajstić information content (AvgIpc) is 2.91. The Bertz CT molecular complexity index is 640. The predicted octanol–water partition coefficient (Wildman–Crippen LogP) is 4.04. The Morgan fingerprint density at radius 2 is 1.35 bits per heavy atom. The molecule has 8 nitrogen and oxygen atoms in total. The Hall–Kier alpha value is -1.71. The van der Waals surface area contributed by atoms with Gasteiger partial charge in [0.1, 0.15) is 6.61 Å². The maximum atomic E-state index is 12.1. The van der Waals surface area contributed by atoms with E-state index in [4.69, 9.17) is 23.7 Å². The molecule has 0 aliphatic carbocycles. The standard InChI is InChI=1S/C17H25NO4.C9H19NO2/c1-20-16(21-2)12-14-8-10-18(11-9-14)17(19)22-13-15-6-4-3-5-7-15;1-11-9(12-2)7-8-3-5-10-6-4-8/h3-7,14,16H,8-13H2,1-2H3;8-10H,3-7H2,1-2H3. The minimum absolute atomic E-state index is 0.00639. The van der Waals surface area contributed by atoms with Crippen LogP contribution in [0.3, 0.4) is 0 Å². The lowest BCUT2D eigenvalue weighted by atomic mass is 9.93. The molecule has 194 valence electrons. The van der Waals surface area contributed by atoms with Crippen molar-refractivity contribution in [2.45, 2.75) is 57.7 Å². The number of benzene rings is 1. The first-order chi connectivity index (χ1) is 16.6. The summed E-state index contributed by atoms with van der Waals surface area (Å²) in [4.78, 5) is 13.9. The van der Waals surface area contributed by atoms with Gasteiger partial charge in [-0.2, -0.15) is 0 Å². The van der Waals surface area contributed by atoms with Crippen LogP contribution in [0.1, 0.15) is 44.1 Å². The third-order valence-corrected chi connectivity index (χ3v) is 6.64. The van der Waals surface area contributed by atoms with Crippen molar-refractivity contribution in [1.29, 1.82) is 0 Å². The third kappa shape index (κ3) is 10.7. The number of ether oxygens (including phenoxy) is 5. The van der Waals surface area contributed by atoms with Gasteiger partial charge >= 0.3 is 6.09 Å². The Balaban J connectivity index is 0.000000287. The fraction of sp³-hybridized carbons (Fsp3) is 0.731. The molecular weight excluding hydrogens is 436 g/mol. The van der Waals surface area contributed by atoms with E-state index in [1.807, 2.05) is 30.3 Å². The van der Waals surface area contributed by atoms with Gasteiger partial charge in [-0.05, 0) is 56.2 Å². The number of amides is 1. The summed E-state index contributed by atoms with van der Waals surface area (Å²) < 4.78 is 26.2. The first-order valence-corrected chi connectivity index (χ1v) is 12.4. The van der Waals surface area contributed by atoms with Gasteiger partial charge in [0.05, 0.1) is 0 Å². The van der Waals surface area contributed by atoms with Gasteiger partial charge in [0, 0.05) is 54.4 Å². The zero-order chi connectivity index (χ0) is 24.6. The quantitative estimate of drug-likeness (QED) is 0.507. The minimum Gasteiger partial charge on any atom is -0.445 e. The lowest BCUT2D eigenvalue weighted by molar-refractivity contribution is -0.116. The fourth-order valence-corrected chi connectivity index (χ4v) is 4.40. The number of methoxy groups -OCH3 is 4. The highest BCUT2D eigenvalue weighted by Crippen LogP contribution is 2.23. The molecule has 0 bridgehead atoms. The van der Waals surface area contributed by atoms with Gasteiger partial charge in [0.25, 0.3) is 0 Å². The Kier molecular flexibility index (Phi) is 14.1. The van der Waals surface area contributed by atoms with Gasteiger partial charge in [-0.25, -0.2) is 4.79 Å². The molecule has 0 radical (unpaired) electrons. The molecule has 8 heteroatoms. The summed E-state index contributed by atoms with van der Waals surface area (Å²) >= 11 is 0. The molecule has 0 aromatic heterocycles. The van der Waals surface area contributed by atoms with Crippen LogP contribution in [-0.2, 0) is 30.3 Å². The van der Waals surface area contributed by atoms with E-state index in [0.717, 1.165) is 63.3 Å². The van der Waals surface area contributed by atoms with Crippen LogP contribution >= 0.6 is 0 Å². The summed E-state index contributed by atoms with van der Waals surface area (Å²) in [6.07, 6.45) is 5.96. The number of likely N-dealkylation sites (tertiary alicyclic amines) is 1. The van der Waals surface area contributed by atoms with Crippen LogP contribution in [0.5, 0.6) is 0 Å². The van der Waals surface area contributed by atoms with E-state index in [-0.39, 0.29) is 18.7 Å². The smallest absolute Gasteiger partial charge is 0.410 e. The molecular formula is C26H44N2O6. The van der Waals surface area contributed by atoms with Crippen LogP contribution in [0.15, 0.2) is 30.3 Å². The molecule has 1 amide bonds. The highest BCUT2D eigenvalue weighted by molar-refractivity contribution is 5.67. The molecule has 0 spiro atoms. The van der Waals surface area contributed by atoms with Crippen LogP contribution < -0.4 is 5.32 Å². The lowest BCUT2D eigenvalue weighted by Crippen LogP contribution is -2.39. The molecule has 34 heavy (non-hydrogen) atoms. The van der Waals surface area contributed by atoms with Crippen molar-refractivity contribution in [3.05, 3.63) is 35.9 Å². The molecule has 2 saturated heterocycles. The van der Waals surface area contributed by atoms with E-state index in [1.165, 1.54) is 12.8 Å². The molecule has 2 aliphatic heterocycles. The van der Waals surface area contributed by atoms with Crippen LogP contribution in [0, 0.1) is 11.8 Å². The van der Waals surface area contributed by atoms with Crippen molar-refractivity contribution >= 4 is 6.09 Å². The normalized spacial score (nSPS) is 17.5. The molecule has 0 atom stereocenters. The average molecular weight is 481 g/mol. The zero-order valence-electron chi connectivity index (χ0n) is 21.4. The van der Waals surface area contributed by atoms with Gasteiger partial charge in [-0.1, -0.05) is 30.3 Å². The van der Waals surface area contributed by atoms with Crippen LogP contribution in [0.25, 0.3) is 0 Å². The second kappa shape index (κ2) is 16.8. The van der Waals surface area contributed by atoms with Crippen molar-refractivity contribution < 1.29 is 28.5 Å². The number of hydrogen-bond acceptors (Lipinski definition) is 7. The summed E-state index contributed by atoms with van der Waals surface area (Å²) in [7, 11) is 6.72. The number of nitrogens with one attached hydrogen (secondary N) is 1. The molecule has 1 N–H and O–H groups in total. The van der Waals surface area contributed by atoms with Crippen molar-refractivity contribution in [1.82, 2.24) is 10.2 Å². The van der Waals surface area contributed by atoms with E-state index in [2.05, 4.69) is 5.32 Å². The second-order valence-electron chi connectivity index (χ2n) is 8.94. The molecule has 1 aromatic carbocycles. The van der Waals surface area contributed by atoms with E-state index >= 15 is 0 Å². The largest absolute Gasteiger partial charge is 0.445 e. The molecule has 1 aromatic rings. The number of nitrogens with zero attached hydrogens (tertiary/aromatic N) is 1. The van der Waals surface area contributed by atoms with Gasteiger partial charge in [-0.15, -0.1) is 0 Å². The zero-order valence-corrected chi connectivity index (χ0v) is 21.4. The van der Waals surface area contributed by atoms with Crippen molar-refractivity contribution in [3.8, 4) is 0 Å². The van der Waals surface area contributed by atoms with Crippen molar-refractivity contribution in [2.24, 2.45) is 11.8 Å². The van der Waals surface area contributed by atoms with Crippen LogP contribution in [0.4, 0.5) is 4.79 Å². The molecule has 0 saturated carbocycles. The van der Waals surface area contributed by atoms with Crippen molar-refractivity contribution in [2.75, 3.05) is 54.6 Å². The van der Waals surface area contributed by atoms with Crippen LogP contribution in [0.2, 0.25) is 0 Å². The van der Waals surface area contributed by atoms with Crippen LogP contribution in [-0.4, -0.2) is 78.2 Å². The van der Waals surface area contributed by atoms with Crippen molar-refractivity contribution in [3.63, 3.8) is 0 Å². The summed E-state index contributed by atoms with van der Waals surface area (Å²) in [5.41, 5.74) is 1.01. The molecule has 2 heterocycles. The predicted molar refractivity (Wildman–Crippen MR) is 131 cm³/mol. The molecule has 0 unspecified atom stereocenters. The Labute approximate surface area is 205 Å². The summed E-state index contributed by atoms with van der Waals surface area (Å²) in [6.45, 7) is 4.08.